The van der Waals surface area contributed by atoms with Crippen molar-refractivity contribution in [2.75, 3.05) is 18.5 Å². The number of nitrogens with zero attached hydrogens (tertiary/aromatic N) is 2. The lowest BCUT2D eigenvalue weighted by Crippen LogP contribution is -2.13. The predicted molar refractivity (Wildman–Crippen MR) is 112 cm³/mol. The van der Waals surface area contributed by atoms with Crippen molar-refractivity contribution in [3.8, 4) is 11.5 Å². The second-order valence-electron chi connectivity index (χ2n) is 6.24. The van der Waals surface area contributed by atoms with E-state index in [2.05, 4.69) is 5.32 Å². The number of rotatable bonds is 9. The van der Waals surface area contributed by atoms with E-state index in [1.54, 1.807) is 24.3 Å². The zero-order chi connectivity index (χ0) is 22.2. The number of nitrogens with one attached hydrogen (secondary N) is 1. The predicted octanol–water partition coefficient (Wildman–Crippen LogP) is 4.21. The van der Waals surface area contributed by atoms with Gasteiger partial charge in [0.1, 0.15) is 24.7 Å². The molecule has 1 N–H and O–H groups in total. The van der Waals surface area contributed by atoms with Gasteiger partial charge in [-0.15, -0.1) is 0 Å². The molecule has 0 fully saturated rings. The fraction of sp³-hybridized carbons (Fsp3) is 0.0952. The SMILES string of the molecule is O=C(Nc1cccc(OCCOc2ccccc2)c1)c1cc([N+](=O)[O-])cc([N+](=O)[O-])c1. The van der Waals surface area contributed by atoms with Gasteiger partial charge in [0.2, 0.25) is 0 Å². The van der Waals surface area contributed by atoms with Gasteiger partial charge < -0.3 is 14.8 Å². The Kier molecular flexibility index (Phi) is 6.74. The molecule has 10 heteroatoms. The number of non-ortho nitro benzene ring substituents is 2. The van der Waals surface area contributed by atoms with Gasteiger partial charge in [-0.1, -0.05) is 24.3 Å². The fourth-order valence-corrected chi connectivity index (χ4v) is 2.64. The summed E-state index contributed by atoms with van der Waals surface area (Å²) in [5.74, 6) is 0.467. The number of hydrogen-bond donors (Lipinski definition) is 1. The van der Waals surface area contributed by atoms with Crippen LogP contribution in [0.2, 0.25) is 0 Å². The minimum atomic E-state index is -0.796. The number of nitro benzene ring substituents is 2. The molecular formula is C21H17N3O7. The average molecular weight is 423 g/mol. The van der Waals surface area contributed by atoms with Crippen LogP contribution < -0.4 is 14.8 Å². The van der Waals surface area contributed by atoms with Crippen molar-refractivity contribution < 1.29 is 24.1 Å². The molecule has 0 spiro atoms. The Morgan fingerprint density at radius 2 is 1.35 bits per heavy atom. The van der Waals surface area contributed by atoms with Crippen LogP contribution in [-0.2, 0) is 0 Å². The van der Waals surface area contributed by atoms with Crippen LogP contribution in [0.25, 0.3) is 0 Å². The highest BCUT2D eigenvalue weighted by atomic mass is 16.6. The third-order valence-electron chi connectivity index (χ3n) is 4.04. The average Bonchev–Trinajstić information content (AvgIpc) is 2.77. The number of carbonyl (C=O) groups is 1. The summed E-state index contributed by atoms with van der Waals surface area (Å²) in [6.45, 7) is 0.585. The Hall–Kier alpha value is -4.47. The first-order valence-electron chi connectivity index (χ1n) is 9.08. The van der Waals surface area contributed by atoms with E-state index in [0.717, 1.165) is 23.9 Å². The van der Waals surface area contributed by atoms with Crippen LogP contribution in [0.1, 0.15) is 10.4 Å². The molecule has 3 rings (SSSR count). The standard InChI is InChI=1S/C21H17N3O7/c25-21(15-11-17(23(26)27)14-18(12-15)24(28)29)22-16-5-4-8-20(13-16)31-10-9-30-19-6-2-1-3-7-19/h1-8,11-14H,9-10H2,(H,22,25). The summed E-state index contributed by atoms with van der Waals surface area (Å²) >= 11 is 0. The number of para-hydroxylation sites is 1. The molecule has 0 atom stereocenters. The number of carbonyl (C=O) groups excluding carboxylic acids is 1. The highest BCUT2D eigenvalue weighted by Gasteiger charge is 2.20. The third kappa shape index (κ3) is 6.00. The maximum Gasteiger partial charge on any atom is 0.277 e. The van der Waals surface area contributed by atoms with Crippen LogP contribution in [0.4, 0.5) is 17.1 Å². The largest absolute Gasteiger partial charge is 0.490 e. The molecule has 158 valence electrons. The first-order chi connectivity index (χ1) is 14.9. The molecule has 0 saturated carbocycles. The molecule has 0 aromatic heterocycles. The molecule has 0 unspecified atom stereocenters. The molecule has 3 aromatic carbocycles. The van der Waals surface area contributed by atoms with Crippen LogP contribution >= 0.6 is 0 Å². The monoisotopic (exact) mass is 423 g/mol. The highest BCUT2D eigenvalue weighted by Crippen LogP contribution is 2.24. The molecule has 31 heavy (non-hydrogen) atoms. The lowest BCUT2D eigenvalue weighted by Gasteiger charge is -2.10. The van der Waals surface area contributed by atoms with Gasteiger partial charge in [-0.2, -0.15) is 0 Å². The summed E-state index contributed by atoms with van der Waals surface area (Å²) in [6, 6.07) is 18.5. The lowest BCUT2D eigenvalue weighted by molar-refractivity contribution is -0.394. The Morgan fingerprint density at radius 1 is 0.774 bits per heavy atom. The fourth-order valence-electron chi connectivity index (χ4n) is 2.64. The van der Waals surface area contributed by atoms with E-state index in [-0.39, 0.29) is 12.2 Å². The first-order valence-corrected chi connectivity index (χ1v) is 9.08. The highest BCUT2D eigenvalue weighted by molar-refractivity contribution is 6.05. The Balaban J connectivity index is 1.63. The maximum absolute atomic E-state index is 12.5. The molecule has 0 bridgehead atoms. The summed E-state index contributed by atoms with van der Waals surface area (Å²) < 4.78 is 11.1. The first kappa shape index (κ1) is 21.2. The number of hydrogen-bond acceptors (Lipinski definition) is 7. The van der Waals surface area contributed by atoms with E-state index in [0.29, 0.717) is 18.0 Å². The Morgan fingerprint density at radius 3 is 1.97 bits per heavy atom. The molecule has 1 amide bonds. The van der Waals surface area contributed by atoms with Crippen molar-refractivity contribution in [2.24, 2.45) is 0 Å². The van der Waals surface area contributed by atoms with Crippen LogP contribution in [0, 0.1) is 20.2 Å². The zero-order valence-corrected chi connectivity index (χ0v) is 16.1. The second kappa shape index (κ2) is 9.83. The third-order valence-corrected chi connectivity index (χ3v) is 4.04. The molecule has 0 aliphatic rings. The minimum Gasteiger partial charge on any atom is -0.490 e. The minimum absolute atomic E-state index is 0.205. The van der Waals surface area contributed by atoms with E-state index in [9.17, 15) is 25.0 Å². The Bertz CT molecular complexity index is 1070. The van der Waals surface area contributed by atoms with Crippen molar-refractivity contribution in [1.82, 2.24) is 0 Å². The van der Waals surface area contributed by atoms with Crippen LogP contribution in [0.15, 0.2) is 72.8 Å². The van der Waals surface area contributed by atoms with E-state index < -0.39 is 27.1 Å². The van der Waals surface area contributed by atoms with Crippen molar-refractivity contribution in [3.05, 3.63) is 98.6 Å². The van der Waals surface area contributed by atoms with Crippen molar-refractivity contribution in [3.63, 3.8) is 0 Å². The summed E-state index contributed by atoms with van der Waals surface area (Å²) in [5, 5.41) is 24.5. The van der Waals surface area contributed by atoms with Gasteiger partial charge in [0, 0.05) is 23.9 Å². The summed E-state index contributed by atoms with van der Waals surface area (Å²) in [4.78, 5) is 32.9. The van der Waals surface area contributed by atoms with Crippen LogP contribution in [0.5, 0.6) is 11.5 Å². The molecule has 0 aliphatic carbocycles. The lowest BCUT2D eigenvalue weighted by atomic mass is 10.1. The smallest absolute Gasteiger partial charge is 0.277 e. The van der Waals surface area contributed by atoms with E-state index in [1.165, 1.54) is 0 Å². The van der Waals surface area contributed by atoms with E-state index in [1.807, 2.05) is 30.3 Å². The van der Waals surface area contributed by atoms with Crippen molar-refractivity contribution >= 4 is 23.0 Å². The van der Waals surface area contributed by atoms with E-state index >= 15 is 0 Å². The number of amides is 1. The van der Waals surface area contributed by atoms with Gasteiger partial charge in [0.15, 0.2) is 0 Å². The summed E-state index contributed by atoms with van der Waals surface area (Å²) in [6.07, 6.45) is 0. The Labute approximate surface area is 176 Å². The van der Waals surface area contributed by atoms with Gasteiger partial charge in [-0.25, -0.2) is 0 Å². The van der Waals surface area contributed by atoms with E-state index in [4.69, 9.17) is 9.47 Å². The van der Waals surface area contributed by atoms with Gasteiger partial charge >= 0.3 is 0 Å². The quantitative estimate of drug-likeness (QED) is 0.309. The van der Waals surface area contributed by atoms with Crippen molar-refractivity contribution in [1.29, 1.82) is 0 Å². The molecule has 0 saturated heterocycles. The molecule has 0 aliphatic heterocycles. The number of nitro groups is 2. The number of anilines is 1. The molecule has 3 aromatic rings. The molecule has 0 radical (unpaired) electrons. The van der Waals surface area contributed by atoms with Gasteiger partial charge in [-0.05, 0) is 24.3 Å². The van der Waals surface area contributed by atoms with Gasteiger partial charge in [-0.3, -0.25) is 25.0 Å². The normalized spacial score (nSPS) is 10.2. The zero-order valence-electron chi connectivity index (χ0n) is 16.1. The topological polar surface area (TPSA) is 134 Å². The summed E-state index contributed by atoms with van der Waals surface area (Å²) in [5.41, 5.74) is -0.936. The molecule has 0 heterocycles. The van der Waals surface area contributed by atoms with Crippen LogP contribution in [-0.4, -0.2) is 29.0 Å². The molecular weight excluding hydrogens is 406 g/mol. The van der Waals surface area contributed by atoms with Gasteiger partial charge in [0.25, 0.3) is 17.3 Å². The number of benzene rings is 3. The van der Waals surface area contributed by atoms with Crippen molar-refractivity contribution in [2.45, 2.75) is 0 Å². The number of ether oxygens (including phenoxy) is 2. The van der Waals surface area contributed by atoms with Gasteiger partial charge in [0.05, 0.1) is 21.5 Å². The van der Waals surface area contributed by atoms with Crippen LogP contribution in [0.3, 0.4) is 0 Å². The second-order valence-corrected chi connectivity index (χ2v) is 6.24. The molecule has 10 nitrogen and oxygen atoms in total. The summed E-state index contributed by atoms with van der Waals surface area (Å²) in [7, 11) is 0. The maximum atomic E-state index is 12.5.